The molecule has 1 aromatic rings. The fraction of sp³-hybridized carbons (Fsp3) is 0.500. The van der Waals surface area contributed by atoms with Crippen LogP contribution in [0.3, 0.4) is 0 Å². The van der Waals surface area contributed by atoms with Gasteiger partial charge in [0.05, 0.1) is 5.69 Å². The molecule has 0 heterocycles. The molecule has 1 N–H and O–H groups in total. The third-order valence-corrected chi connectivity index (χ3v) is 2.57. The van der Waals surface area contributed by atoms with Crippen LogP contribution in [0.5, 0.6) is 0 Å². The summed E-state index contributed by atoms with van der Waals surface area (Å²) in [4.78, 5) is 2.23. The summed E-state index contributed by atoms with van der Waals surface area (Å²) in [5.41, 5.74) is 0.355. The van der Waals surface area contributed by atoms with Gasteiger partial charge in [-0.15, -0.1) is 0 Å². The van der Waals surface area contributed by atoms with E-state index < -0.39 is 11.6 Å². The Morgan fingerprint density at radius 1 is 1.19 bits per heavy atom. The summed E-state index contributed by atoms with van der Waals surface area (Å²) in [5, 5.41) is 2.96. The van der Waals surface area contributed by atoms with Gasteiger partial charge in [0.25, 0.3) is 0 Å². The molecule has 4 heteroatoms. The number of benzene rings is 1. The van der Waals surface area contributed by atoms with Crippen molar-refractivity contribution in [2.24, 2.45) is 0 Å². The average Bonchev–Trinajstić information content (AvgIpc) is 2.27. The Hall–Kier alpha value is -1.16. The molecule has 16 heavy (non-hydrogen) atoms. The van der Waals surface area contributed by atoms with Crippen molar-refractivity contribution in [3.05, 3.63) is 29.8 Å². The van der Waals surface area contributed by atoms with Gasteiger partial charge in [0.2, 0.25) is 0 Å². The molecule has 0 saturated heterocycles. The first-order valence-electron chi connectivity index (χ1n) is 5.58. The molecule has 0 bridgehead atoms. The predicted octanol–water partition coefficient (Wildman–Crippen LogP) is 2.72. The molecule has 1 aromatic carbocycles. The van der Waals surface area contributed by atoms with Crippen LogP contribution >= 0.6 is 0 Å². The van der Waals surface area contributed by atoms with Gasteiger partial charge in [-0.3, -0.25) is 0 Å². The third-order valence-electron chi connectivity index (χ3n) is 2.57. The number of anilines is 1. The Kier molecular flexibility index (Phi) is 5.19. The van der Waals surface area contributed by atoms with Crippen LogP contribution < -0.4 is 5.32 Å². The zero-order valence-electron chi connectivity index (χ0n) is 9.76. The maximum Gasteiger partial charge on any atom is 0.149 e. The minimum absolute atomic E-state index is 0.355. The van der Waals surface area contributed by atoms with Crippen LogP contribution in [-0.2, 0) is 0 Å². The Morgan fingerprint density at radius 2 is 1.88 bits per heavy atom. The summed E-state index contributed by atoms with van der Waals surface area (Å²) in [7, 11) is 0. The molecule has 0 spiro atoms. The normalized spacial score (nSPS) is 10.8. The summed E-state index contributed by atoms with van der Waals surface area (Å²) < 4.78 is 25.9. The maximum absolute atomic E-state index is 13.2. The Morgan fingerprint density at radius 3 is 2.44 bits per heavy atom. The highest BCUT2D eigenvalue weighted by atomic mass is 19.1. The fourth-order valence-corrected chi connectivity index (χ4v) is 1.52. The molecule has 0 fully saturated rings. The first-order valence-corrected chi connectivity index (χ1v) is 5.58. The summed E-state index contributed by atoms with van der Waals surface area (Å²) in [6, 6.07) is 3.56. The van der Waals surface area contributed by atoms with Crippen LogP contribution in [-0.4, -0.2) is 31.1 Å². The number of hydrogen-bond acceptors (Lipinski definition) is 2. The van der Waals surface area contributed by atoms with Gasteiger partial charge in [0, 0.05) is 19.2 Å². The van der Waals surface area contributed by atoms with Gasteiger partial charge in [0.15, 0.2) is 0 Å². The average molecular weight is 228 g/mol. The van der Waals surface area contributed by atoms with Gasteiger partial charge in [-0.25, -0.2) is 8.78 Å². The molecule has 0 saturated carbocycles. The van der Waals surface area contributed by atoms with Gasteiger partial charge in [0.1, 0.15) is 11.6 Å². The molecule has 0 unspecified atom stereocenters. The van der Waals surface area contributed by atoms with Gasteiger partial charge in [-0.1, -0.05) is 13.8 Å². The van der Waals surface area contributed by atoms with E-state index in [0.717, 1.165) is 25.7 Å². The molecule has 2 nitrogen and oxygen atoms in total. The second-order valence-electron chi connectivity index (χ2n) is 3.58. The van der Waals surface area contributed by atoms with E-state index in [-0.39, 0.29) is 0 Å². The van der Waals surface area contributed by atoms with Gasteiger partial charge >= 0.3 is 0 Å². The molecule has 0 aromatic heterocycles. The van der Waals surface area contributed by atoms with Crippen LogP contribution in [0.1, 0.15) is 13.8 Å². The third kappa shape index (κ3) is 3.77. The summed E-state index contributed by atoms with van der Waals surface area (Å²) in [5.74, 6) is -1.09. The van der Waals surface area contributed by atoms with Crippen molar-refractivity contribution in [1.29, 1.82) is 0 Å². The van der Waals surface area contributed by atoms with Crippen LogP contribution in [0, 0.1) is 11.6 Å². The summed E-state index contributed by atoms with van der Waals surface area (Å²) in [6.45, 7) is 7.63. The number of rotatable bonds is 6. The van der Waals surface area contributed by atoms with E-state index in [2.05, 4.69) is 24.1 Å². The van der Waals surface area contributed by atoms with Gasteiger partial charge in [-0.2, -0.15) is 0 Å². The molecule has 0 aliphatic carbocycles. The molecule has 1 rings (SSSR count). The van der Waals surface area contributed by atoms with Crippen LogP contribution in [0.2, 0.25) is 0 Å². The number of hydrogen-bond donors (Lipinski definition) is 1. The van der Waals surface area contributed by atoms with Crippen LogP contribution in [0.25, 0.3) is 0 Å². The Labute approximate surface area is 95.3 Å². The standard InChI is InChI=1S/C12H18F2N2/c1-3-16(4-2)8-7-15-12-6-5-10(13)9-11(12)14/h5-6,9,15H,3-4,7-8H2,1-2H3. The van der Waals surface area contributed by atoms with E-state index in [1.165, 1.54) is 12.1 Å². The second-order valence-corrected chi connectivity index (χ2v) is 3.58. The predicted molar refractivity (Wildman–Crippen MR) is 62.6 cm³/mol. The van der Waals surface area contributed by atoms with Crippen molar-refractivity contribution in [2.45, 2.75) is 13.8 Å². The zero-order chi connectivity index (χ0) is 12.0. The molecular formula is C12H18F2N2. The monoisotopic (exact) mass is 228 g/mol. The SMILES string of the molecule is CCN(CC)CCNc1ccc(F)cc1F. The van der Waals surface area contributed by atoms with Crippen molar-refractivity contribution < 1.29 is 8.78 Å². The van der Waals surface area contributed by atoms with Gasteiger partial charge < -0.3 is 10.2 Å². The van der Waals surface area contributed by atoms with Crippen molar-refractivity contribution >= 4 is 5.69 Å². The zero-order valence-corrected chi connectivity index (χ0v) is 9.76. The molecule has 0 aliphatic rings. The fourth-order valence-electron chi connectivity index (χ4n) is 1.52. The molecule has 90 valence electrons. The first kappa shape index (κ1) is 12.9. The van der Waals surface area contributed by atoms with Crippen LogP contribution in [0.4, 0.5) is 14.5 Å². The van der Waals surface area contributed by atoms with Crippen molar-refractivity contribution in [1.82, 2.24) is 4.90 Å². The lowest BCUT2D eigenvalue weighted by Crippen LogP contribution is -2.28. The lowest BCUT2D eigenvalue weighted by molar-refractivity contribution is 0.316. The Bertz CT molecular complexity index is 325. The van der Waals surface area contributed by atoms with E-state index in [0.29, 0.717) is 12.2 Å². The smallest absolute Gasteiger partial charge is 0.149 e. The first-order chi connectivity index (χ1) is 7.67. The maximum atomic E-state index is 13.2. The molecule has 0 amide bonds. The van der Waals surface area contributed by atoms with E-state index in [9.17, 15) is 8.78 Å². The number of likely N-dealkylation sites (N-methyl/N-ethyl adjacent to an activating group) is 1. The van der Waals surface area contributed by atoms with E-state index in [1.807, 2.05) is 0 Å². The van der Waals surface area contributed by atoms with E-state index in [4.69, 9.17) is 0 Å². The number of nitrogens with one attached hydrogen (secondary N) is 1. The molecular weight excluding hydrogens is 210 g/mol. The Balaban J connectivity index is 2.42. The minimum Gasteiger partial charge on any atom is -0.381 e. The highest BCUT2D eigenvalue weighted by Crippen LogP contribution is 2.14. The van der Waals surface area contributed by atoms with Crippen molar-refractivity contribution in [3.63, 3.8) is 0 Å². The molecule has 0 atom stereocenters. The quantitative estimate of drug-likeness (QED) is 0.805. The largest absolute Gasteiger partial charge is 0.381 e. The minimum atomic E-state index is -0.549. The van der Waals surface area contributed by atoms with Gasteiger partial charge in [-0.05, 0) is 25.2 Å². The highest BCUT2D eigenvalue weighted by Gasteiger charge is 2.03. The number of halogens is 2. The lowest BCUT2D eigenvalue weighted by Gasteiger charge is -2.18. The van der Waals surface area contributed by atoms with E-state index in [1.54, 1.807) is 0 Å². The van der Waals surface area contributed by atoms with E-state index >= 15 is 0 Å². The lowest BCUT2D eigenvalue weighted by atomic mass is 10.3. The highest BCUT2D eigenvalue weighted by molar-refractivity contribution is 5.44. The second kappa shape index (κ2) is 6.43. The number of nitrogens with zero attached hydrogens (tertiary/aromatic N) is 1. The topological polar surface area (TPSA) is 15.3 Å². The summed E-state index contributed by atoms with van der Waals surface area (Å²) >= 11 is 0. The van der Waals surface area contributed by atoms with Crippen molar-refractivity contribution in [2.75, 3.05) is 31.5 Å². The molecule has 0 aliphatic heterocycles. The molecule has 0 radical (unpaired) electrons. The van der Waals surface area contributed by atoms with Crippen LogP contribution in [0.15, 0.2) is 18.2 Å². The summed E-state index contributed by atoms with van der Waals surface area (Å²) in [6.07, 6.45) is 0. The van der Waals surface area contributed by atoms with Crippen molar-refractivity contribution in [3.8, 4) is 0 Å².